The zero-order valence-corrected chi connectivity index (χ0v) is 13.8. The largest absolute Gasteiger partial charge is 0.486 e. The Hall–Kier alpha value is -2.66. The van der Waals surface area contributed by atoms with Crippen LogP contribution in [0.15, 0.2) is 48.5 Å². The molecule has 0 radical (unpaired) electrons. The van der Waals surface area contributed by atoms with Crippen molar-refractivity contribution in [1.29, 1.82) is 0 Å². The van der Waals surface area contributed by atoms with Gasteiger partial charge in [-0.2, -0.15) is 0 Å². The van der Waals surface area contributed by atoms with Gasteiger partial charge in [0.2, 0.25) is 0 Å². The monoisotopic (exact) mass is 337 g/mol. The zero-order chi connectivity index (χ0) is 17.2. The first kappa shape index (κ1) is 15.8. The van der Waals surface area contributed by atoms with Gasteiger partial charge in [0.1, 0.15) is 12.4 Å². The van der Waals surface area contributed by atoms with Crippen molar-refractivity contribution in [2.75, 3.05) is 19.7 Å². The summed E-state index contributed by atoms with van der Waals surface area (Å²) in [5.74, 6) is 0.708. The Kier molecular flexibility index (Phi) is 4.24. The van der Waals surface area contributed by atoms with Gasteiger partial charge in [-0.1, -0.05) is 30.3 Å². The molecule has 0 saturated carbocycles. The minimum atomic E-state index is -0.0274. The van der Waals surface area contributed by atoms with Crippen molar-refractivity contribution >= 4 is 11.7 Å². The first-order valence-electron chi connectivity index (χ1n) is 8.41. The fourth-order valence-corrected chi connectivity index (χ4v) is 3.09. The van der Waals surface area contributed by atoms with Gasteiger partial charge in [-0.05, 0) is 23.8 Å². The Bertz CT molecular complexity index is 797. The van der Waals surface area contributed by atoms with E-state index in [4.69, 9.17) is 9.47 Å². The van der Waals surface area contributed by atoms with Crippen LogP contribution in [0.3, 0.4) is 0 Å². The van der Waals surface area contributed by atoms with Gasteiger partial charge in [0, 0.05) is 30.6 Å². The predicted molar refractivity (Wildman–Crippen MR) is 91.6 cm³/mol. The lowest BCUT2D eigenvalue weighted by Gasteiger charge is -2.39. The molecule has 1 fully saturated rings. The summed E-state index contributed by atoms with van der Waals surface area (Å²) in [6, 6.07) is 15.3. The van der Waals surface area contributed by atoms with Crippen molar-refractivity contribution in [2.45, 2.75) is 19.1 Å². The van der Waals surface area contributed by atoms with Crippen LogP contribution in [0.4, 0.5) is 0 Å². The third-order valence-corrected chi connectivity index (χ3v) is 4.55. The summed E-state index contributed by atoms with van der Waals surface area (Å²) >= 11 is 0. The van der Waals surface area contributed by atoms with Crippen LogP contribution in [0.5, 0.6) is 5.75 Å². The Morgan fingerprint density at radius 1 is 1.16 bits per heavy atom. The van der Waals surface area contributed by atoms with E-state index >= 15 is 0 Å². The second kappa shape index (κ2) is 6.69. The number of rotatable bonds is 4. The molecular formula is C20H19NO4. The molecule has 0 N–H and O–H groups in total. The molecule has 1 amide bonds. The molecule has 0 aliphatic carbocycles. The van der Waals surface area contributed by atoms with E-state index in [1.54, 1.807) is 23.1 Å². The molecule has 0 unspecified atom stereocenters. The second-order valence-electron chi connectivity index (χ2n) is 6.46. The molecule has 2 aliphatic rings. The smallest absolute Gasteiger partial charge is 0.254 e. The highest BCUT2D eigenvalue weighted by molar-refractivity contribution is 5.96. The molecule has 2 aliphatic heterocycles. The summed E-state index contributed by atoms with van der Waals surface area (Å²) in [5.41, 5.74) is 2.52. The third-order valence-electron chi connectivity index (χ3n) is 4.55. The fourth-order valence-electron chi connectivity index (χ4n) is 3.09. The fraction of sp³-hybridized carbons (Fsp3) is 0.300. The molecule has 0 atom stereocenters. The molecule has 2 aromatic carbocycles. The van der Waals surface area contributed by atoms with Gasteiger partial charge in [0.05, 0.1) is 12.7 Å². The first-order valence-corrected chi connectivity index (χ1v) is 8.41. The molecule has 0 spiro atoms. The summed E-state index contributed by atoms with van der Waals surface area (Å²) in [5, 5.41) is 0. The molecule has 2 aromatic rings. The molecule has 128 valence electrons. The van der Waals surface area contributed by atoms with E-state index < -0.39 is 0 Å². The molecule has 5 heteroatoms. The first-order chi connectivity index (χ1) is 12.2. The van der Waals surface area contributed by atoms with Gasteiger partial charge in [-0.3, -0.25) is 9.59 Å². The Morgan fingerprint density at radius 2 is 1.96 bits per heavy atom. The van der Waals surface area contributed by atoms with E-state index in [1.807, 2.05) is 30.3 Å². The molecule has 5 nitrogen and oxygen atoms in total. The number of fused-ring (bicyclic) bond motifs is 1. The third kappa shape index (κ3) is 3.42. The van der Waals surface area contributed by atoms with Crippen LogP contribution in [0.1, 0.15) is 21.5 Å². The molecule has 1 saturated heterocycles. The van der Waals surface area contributed by atoms with Crippen LogP contribution in [0.25, 0.3) is 0 Å². The summed E-state index contributed by atoms with van der Waals surface area (Å²) < 4.78 is 11.2. The number of likely N-dealkylation sites (tertiary alicyclic amines) is 1. The number of Topliss-reactive ketones (excluding diaryl/α,β-unsaturated/α-hetero) is 1. The minimum absolute atomic E-state index is 0.0274. The maximum Gasteiger partial charge on any atom is 0.254 e. The van der Waals surface area contributed by atoms with Gasteiger partial charge in [0.15, 0.2) is 5.78 Å². The number of amides is 1. The van der Waals surface area contributed by atoms with Crippen LogP contribution < -0.4 is 4.74 Å². The van der Waals surface area contributed by atoms with Crippen molar-refractivity contribution in [2.24, 2.45) is 0 Å². The van der Waals surface area contributed by atoms with Crippen LogP contribution in [0.2, 0.25) is 0 Å². The average molecular weight is 337 g/mol. The lowest BCUT2D eigenvalue weighted by molar-refractivity contribution is -0.121. The Morgan fingerprint density at radius 3 is 2.76 bits per heavy atom. The van der Waals surface area contributed by atoms with Gasteiger partial charge in [-0.25, -0.2) is 0 Å². The number of benzene rings is 2. The standard InChI is InChI=1S/C20H19NO4/c22-17-9-16-8-15(6-7-19(16)25-13-17)20(23)21-10-18(11-21)24-12-14-4-2-1-3-5-14/h1-8,18H,9-13H2. The number of carbonyl (C=O) groups excluding carboxylic acids is 2. The van der Waals surface area contributed by atoms with Crippen LogP contribution in [-0.2, 0) is 22.6 Å². The molecule has 0 aromatic heterocycles. The van der Waals surface area contributed by atoms with Gasteiger partial charge in [0.25, 0.3) is 5.91 Å². The highest BCUT2D eigenvalue weighted by atomic mass is 16.5. The molecule has 4 rings (SSSR count). The topological polar surface area (TPSA) is 55.8 Å². The van der Waals surface area contributed by atoms with Crippen LogP contribution in [0, 0.1) is 0 Å². The number of nitrogens with zero attached hydrogens (tertiary/aromatic N) is 1. The number of hydrogen-bond acceptors (Lipinski definition) is 4. The SMILES string of the molecule is O=C1COc2ccc(C(=O)N3CC(OCc4ccccc4)C3)cc2C1. The molecule has 25 heavy (non-hydrogen) atoms. The quantitative estimate of drug-likeness (QED) is 0.858. The molecule has 2 heterocycles. The van der Waals surface area contributed by atoms with Crippen molar-refractivity contribution in [3.8, 4) is 5.75 Å². The van der Waals surface area contributed by atoms with Crippen LogP contribution in [-0.4, -0.2) is 42.4 Å². The summed E-state index contributed by atoms with van der Waals surface area (Å²) in [6.07, 6.45) is 0.408. The van der Waals surface area contributed by atoms with E-state index in [-0.39, 0.29) is 24.4 Å². The van der Waals surface area contributed by atoms with E-state index in [0.29, 0.717) is 37.4 Å². The number of ketones is 1. The number of ether oxygens (including phenoxy) is 2. The van der Waals surface area contributed by atoms with Crippen molar-refractivity contribution in [1.82, 2.24) is 4.90 Å². The normalized spacial score (nSPS) is 16.8. The Balaban J connectivity index is 1.32. The van der Waals surface area contributed by atoms with E-state index in [9.17, 15) is 9.59 Å². The van der Waals surface area contributed by atoms with Crippen molar-refractivity contribution < 1.29 is 19.1 Å². The summed E-state index contributed by atoms with van der Waals surface area (Å²) in [6.45, 7) is 1.87. The molecular weight excluding hydrogens is 318 g/mol. The number of hydrogen-bond donors (Lipinski definition) is 0. The molecule has 0 bridgehead atoms. The second-order valence-corrected chi connectivity index (χ2v) is 6.46. The van der Waals surface area contributed by atoms with E-state index in [2.05, 4.69) is 0 Å². The zero-order valence-electron chi connectivity index (χ0n) is 13.8. The summed E-state index contributed by atoms with van der Waals surface area (Å²) in [7, 11) is 0. The lowest BCUT2D eigenvalue weighted by atomic mass is 10.0. The highest BCUT2D eigenvalue weighted by Gasteiger charge is 2.32. The minimum Gasteiger partial charge on any atom is -0.486 e. The van der Waals surface area contributed by atoms with Gasteiger partial charge < -0.3 is 14.4 Å². The van der Waals surface area contributed by atoms with Gasteiger partial charge >= 0.3 is 0 Å². The maximum absolute atomic E-state index is 12.6. The lowest BCUT2D eigenvalue weighted by Crippen LogP contribution is -2.54. The summed E-state index contributed by atoms with van der Waals surface area (Å²) in [4.78, 5) is 25.8. The number of carbonyl (C=O) groups is 2. The average Bonchev–Trinajstić information content (AvgIpc) is 2.60. The highest BCUT2D eigenvalue weighted by Crippen LogP contribution is 2.26. The predicted octanol–water partition coefficient (Wildman–Crippen LogP) is 2.23. The van der Waals surface area contributed by atoms with Crippen molar-refractivity contribution in [3.05, 3.63) is 65.2 Å². The maximum atomic E-state index is 12.6. The van der Waals surface area contributed by atoms with Crippen LogP contribution >= 0.6 is 0 Å². The van der Waals surface area contributed by atoms with Gasteiger partial charge in [-0.15, -0.1) is 0 Å². The van der Waals surface area contributed by atoms with E-state index in [1.165, 1.54) is 0 Å². The van der Waals surface area contributed by atoms with E-state index in [0.717, 1.165) is 11.1 Å². The Labute approximate surface area is 146 Å². The van der Waals surface area contributed by atoms with Crippen molar-refractivity contribution in [3.63, 3.8) is 0 Å².